The Morgan fingerprint density at radius 2 is 2.11 bits per heavy atom. The van der Waals surface area contributed by atoms with Gasteiger partial charge in [0, 0.05) is 10.6 Å². The van der Waals surface area contributed by atoms with Crippen molar-refractivity contribution in [2.75, 3.05) is 5.73 Å². The van der Waals surface area contributed by atoms with Crippen LogP contribution in [-0.4, -0.2) is 0 Å². The van der Waals surface area contributed by atoms with Crippen LogP contribution in [0.25, 0.3) is 0 Å². The largest absolute Gasteiger partial charge is 1.00 e. The summed E-state index contributed by atoms with van der Waals surface area (Å²) in [5.74, 6) is 0. The van der Waals surface area contributed by atoms with Gasteiger partial charge in [-0.3, -0.25) is 0 Å². The van der Waals surface area contributed by atoms with Gasteiger partial charge in [-0.2, -0.15) is 0 Å². The smallest absolute Gasteiger partial charge is 1.00 e. The number of nitrogens with two attached hydrogens (primary N) is 1. The molecule has 0 aliphatic carbocycles. The first kappa shape index (κ1) is 9.37. The van der Waals surface area contributed by atoms with Gasteiger partial charge in [-0.05, 0) is 18.2 Å². The number of rotatable bonds is 0. The zero-order valence-electron chi connectivity index (χ0n) is 6.33. The Kier molecular flexibility index (Phi) is 4.40. The Labute approximate surface area is 83.8 Å². The molecule has 0 bridgehead atoms. The quantitative estimate of drug-likeness (QED) is 0.267. The van der Waals surface area contributed by atoms with Crippen LogP contribution in [0.1, 0.15) is 1.43 Å². The summed E-state index contributed by atoms with van der Waals surface area (Å²) in [5, 5.41) is 0. The molecule has 0 saturated carbocycles. The van der Waals surface area contributed by atoms with Crippen LogP contribution in [0.2, 0.25) is 0 Å². The van der Waals surface area contributed by atoms with Crippen molar-refractivity contribution in [3.05, 3.63) is 24.3 Å². The topological polar surface area (TPSA) is 26.0 Å². The summed E-state index contributed by atoms with van der Waals surface area (Å²) >= 11 is 4.07. The first-order valence-electron chi connectivity index (χ1n) is 2.33. The van der Waals surface area contributed by atoms with Gasteiger partial charge in [-0.1, -0.05) is 6.07 Å². The molecule has 0 saturated heterocycles. The fraction of sp³-hybridized carbons (Fsp3) is 0. The molecule has 1 nitrogen and oxygen atoms in total. The van der Waals surface area contributed by atoms with Crippen LogP contribution in [0.5, 0.6) is 0 Å². The molecule has 3 heteroatoms. The van der Waals surface area contributed by atoms with E-state index in [1.807, 2.05) is 24.3 Å². The summed E-state index contributed by atoms with van der Waals surface area (Å²) < 4.78 is 0. The van der Waals surface area contributed by atoms with Crippen LogP contribution in [0.4, 0.5) is 5.69 Å². The average molecular weight is 149 g/mol. The van der Waals surface area contributed by atoms with Gasteiger partial charge in [0.15, 0.2) is 0 Å². The Bertz CT molecular complexity index is 178. The minimum absolute atomic E-state index is 0. The van der Waals surface area contributed by atoms with Gasteiger partial charge in [0.05, 0.1) is 0 Å². The first-order valence-corrected chi connectivity index (χ1v) is 2.78. The number of nitrogen functional groups attached to an aromatic ring is 1. The van der Waals surface area contributed by atoms with Crippen LogP contribution in [0.15, 0.2) is 29.2 Å². The molecule has 0 fully saturated rings. The summed E-state index contributed by atoms with van der Waals surface area (Å²) in [6.45, 7) is 0. The Balaban J connectivity index is 0. The molecular formula is C6H8NNaS. The Hall–Kier alpha value is 0.370. The van der Waals surface area contributed by atoms with Crippen molar-refractivity contribution in [1.82, 2.24) is 0 Å². The van der Waals surface area contributed by atoms with Crippen molar-refractivity contribution in [1.29, 1.82) is 0 Å². The molecule has 1 rings (SSSR count). The van der Waals surface area contributed by atoms with Gasteiger partial charge in [0.2, 0.25) is 0 Å². The molecule has 0 heterocycles. The Morgan fingerprint density at radius 1 is 1.44 bits per heavy atom. The van der Waals surface area contributed by atoms with E-state index >= 15 is 0 Å². The monoisotopic (exact) mass is 149 g/mol. The number of anilines is 1. The van der Waals surface area contributed by atoms with Crippen LogP contribution >= 0.6 is 12.6 Å². The van der Waals surface area contributed by atoms with Gasteiger partial charge in [-0.25, -0.2) is 0 Å². The molecule has 0 spiro atoms. The standard InChI is InChI=1S/C6H7NS.Na.H/c7-5-2-1-3-6(8)4-5;;/h1-4,8H,7H2;;/q;+1;-1. The van der Waals surface area contributed by atoms with Gasteiger partial charge in [-0.15, -0.1) is 12.6 Å². The predicted molar refractivity (Wildman–Crippen MR) is 39.2 cm³/mol. The number of thiol groups is 1. The first-order chi connectivity index (χ1) is 3.79. The molecule has 1 aromatic carbocycles. The summed E-state index contributed by atoms with van der Waals surface area (Å²) in [6, 6.07) is 7.40. The van der Waals surface area contributed by atoms with Crippen molar-refractivity contribution >= 4 is 18.3 Å². The maximum absolute atomic E-state index is 5.41. The number of hydrogen-bond acceptors (Lipinski definition) is 2. The Morgan fingerprint density at radius 3 is 2.44 bits per heavy atom. The third kappa shape index (κ3) is 3.16. The van der Waals surface area contributed by atoms with E-state index < -0.39 is 0 Å². The van der Waals surface area contributed by atoms with E-state index in [2.05, 4.69) is 12.6 Å². The molecule has 0 atom stereocenters. The molecule has 0 amide bonds. The normalized spacial score (nSPS) is 8.11. The van der Waals surface area contributed by atoms with E-state index in [-0.39, 0.29) is 31.0 Å². The fourth-order valence-electron chi connectivity index (χ4n) is 0.525. The van der Waals surface area contributed by atoms with Gasteiger partial charge in [0.25, 0.3) is 0 Å². The average Bonchev–Trinajstić information content (AvgIpc) is 1.64. The molecular weight excluding hydrogens is 141 g/mol. The summed E-state index contributed by atoms with van der Waals surface area (Å²) in [6.07, 6.45) is 0. The molecule has 0 unspecified atom stereocenters. The van der Waals surface area contributed by atoms with Gasteiger partial charge in [0.1, 0.15) is 0 Å². The van der Waals surface area contributed by atoms with Crippen LogP contribution in [-0.2, 0) is 0 Å². The van der Waals surface area contributed by atoms with E-state index in [9.17, 15) is 0 Å². The molecule has 1 aromatic rings. The summed E-state index contributed by atoms with van der Waals surface area (Å²) in [5.41, 5.74) is 6.17. The third-order valence-corrected chi connectivity index (χ3v) is 1.15. The van der Waals surface area contributed by atoms with Crippen molar-refractivity contribution in [2.24, 2.45) is 0 Å². The molecule has 9 heavy (non-hydrogen) atoms. The van der Waals surface area contributed by atoms with E-state index in [4.69, 9.17) is 5.73 Å². The summed E-state index contributed by atoms with van der Waals surface area (Å²) in [7, 11) is 0. The molecule has 44 valence electrons. The maximum atomic E-state index is 5.41. The van der Waals surface area contributed by atoms with E-state index in [0.717, 1.165) is 10.6 Å². The predicted octanol–water partition coefficient (Wildman–Crippen LogP) is -1.33. The van der Waals surface area contributed by atoms with E-state index in [1.54, 1.807) is 0 Å². The molecule has 2 N–H and O–H groups in total. The van der Waals surface area contributed by atoms with Crippen LogP contribution in [0, 0.1) is 0 Å². The second-order valence-corrected chi connectivity index (χ2v) is 2.11. The maximum Gasteiger partial charge on any atom is 1.00 e. The zero-order valence-corrected chi connectivity index (χ0v) is 8.23. The second-order valence-electron chi connectivity index (χ2n) is 1.59. The van der Waals surface area contributed by atoms with E-state index in [0.29, 0.717) is 0 Å². The summed E-state index contributed by atoms with van der Waals surface area (Å²) in [4.78, 5) is 0.907. The number of benzene rings is 1. The van der Waals surface area contributed by atoms with Gasteiger partial charge >= 0.3 is 29.6 Å². The van der Waals surface area contributed by atoms with E-state index in [1.165, 1.54) is 0 Å². The van der Waals surface area contributed by atoms with Crippen LogP contribution < -0.4 is 35.3 Å². The SMILES string of the molecule is Nc1cccc(S)c1.[H-].[Na+]. The van der Waals surface area contributed by atoms with Gasteiger partial charge < -0.3 is 7.16 Å². The molecule has 0 aromatic heterocycles. The van der Waals surface area contributed by atoms with Crippen molar-refractivity contribution in [3.8, 4) is 0 Å². The second kappa shape index (κ2) is 4.23. The third-order valence-electron chi connectivity index (χ3n) is 0.870. The number of hydrogen-bond donors (Lipinski definition) is 2. The molecule has 0 radical (unpaired) electrons. The molecule has 0 aliphatic rings. The van der Waals surface area contributed by atoms with Crippen molar-refractivity contribution in [3.63, 3.8) is 0 Å². The zero-order chi connectivity index (χ0) is 5.98. The van der Waals surface area contributed by atoms with Crippen LogP contribution in [0.3, 0.4) is 0 Å². The minimum Gasteiger partial charge on any atom is -1.00 e. The van der Waals surface area contributed by atoms with Crippen molar-refractivity contribution in [2.45, 2.75) is 4.90 Å². The minimum atomic E-state index is 0. The van der Waals surface area contributed by atoms with Crippen molar-refractivity contribution < 1.29 is 31.0 Å². The fourth-order valence-corrected chi connectivity index (χ4v) is 0.760. The molecule has 0 aliphatic heterocycles.